The first-order valence-corrected chi connectivity index (χ1v) is 7.37. The fourth-order valence-electron chi connectivity index (χ4n) is 1.83. The first-order valence-electron chi connectivity index (χ1n) is 7.37. The van der Waals surface area contributed by atoms with Crippen molar-refractivity contribution in [3.63, 3.8) is 0 Å². The average Bonchev–Trinajstić information content (AvgIpc) is 2.55. The van der Waals surface area contributed by atoms with Gasteiger partial charge in [0, 0.05) is 12.1 Å². The molecule has 0 amide bonds. The van der Waals surface area contributed by atoms with Gasteiger partial charge in [0.1, 0.15) is 6.54 Å². The van der Waals surface area contributed by atoms with Crippen LogP contribution in [0.2, 0.25) is 0 Å². The fourth-order valence-corrected chi connectivity index (χ4v) is 1.83. The van der Waals surface area contributed by atoms with Gasteiger partial charge in [-0.2, -0.15) is 0 Å². The van der Waals surface area contributed by atoms with Gasteiger partial charge in [-0.05, 0) is 30.4 Å². The summed E-state index contributed by atoms with van der Waals surface area (Å²) < 4.78 is 2.19. The van der Waals surface area contributed by atoms with E-state index in [1.807, 2.05) is 36.4 Å². The van der Waals surface area contributed by atoms with Crippen LogP contribution in [0.1, 0.15) is 44.2 Å². The van der Waals surface area contributed by atoms with Gasteiger partial charge in [0.2, 0.25) is 0 Å². The molecule has 1 nitrogen and oxygen atoms in total. The predicted octanol–water partition coefficient (Wildman–Crippen LogP) is 4.84. The quantitative estimate of drug-likeness (QED) is 0.699. The molecule has 0 saturated heterocycles. The van der Waals surface area contributed by atoms with E-state index < -0.39 is 0 Å². The van der Waals surface area contributed by atoms with Crippen molar-refractivity contribution in [1.82, 2.24) is 0 Å². The Balaban J connectivity index is 0.000000217. The maximum atomic E-state index is 3.63. The lowest BCUT2D eigenvalue weighted by molar-refractivity contribution is -0.693. The Hall–Kier alpha value is -1.89. The van der Waals surface area contributed by atoms with Crippen molar-refractivity contribution in [1.29, 1.82) is 0 Å². The highest BCUT2D eigenvalue weighted by atomic mass is 14.9. The molecule has 0 N–H and O–H groups in total. The third-order valence-electron chi connectivity index (χ3n) is 3.50. The zero-order valence-corrected chi connectivity index (χ0v) is 12.9. The second-order valence-corrected chi connectivity index (χ2v) is 4.89. The molecule has 20 heavy (non-hydrogen) atoms. The normalized spacial score (nSPS) is 11.2. The van der Waals surface area contributed by atoms with Crippen LogP contribution >= 0.6 is 0 Å². The summed E-state index contributed by atoms with van der Waals surface area (Å²) >= 11 is 0. The first kappa shape index (κ1) is 16.2. The van der Waals surface area contributed by atoms with E-state index in [9.17, 15) is 0 Å². The molecule has 2 aromatic rings. The molecular weight excluding hydrogens is 242 g/mol. The number of hydrogen-bond acceptors (Lipinski definition) is 0. The topological polar surface area (TPSA) is 3.88 Å². The van der Waals surface area contributed by atoms with Crippen molar-refractivity contribution in [2.75, 3.05) is 0 Å². The van der Waals surface area contributed by atoms with Gasteiger partial charge in [-0.15, -0.1) is 0 Å². The smallest absolute Gasteiger partial charge is 0.169 e. The molecule has 1 atom stereocenters. The van der Waals surface area contributed by atoms with Gasteiger partial charge >= 0.3 is 0 Å². The maximum Gasteiger partial charge on any atom is 0.169 e. The summed E-state index contributed by atoms with van der Waals surface area (Å²) in [6.45, 7) is 11.3. The van der Waals surface area contributed by atoms with E-state index in [-0.39, 0.29) is 0 Å². The molecule has 0 saturated carbocycles. The van der Waals surface area contributed by atoms with E-state index in [0.29, 0.717) is 5.92 Å². The Morgan fingerprint density at radius 1 is 1.05 bits per heavy atom. The van der Waals surface area contributed by atoms with Gasteiger partial charge in [0.15, 0.2) is 12.4 Å². The summed E-state index contributed by atoms with van der Waals surface area (Å²) in [4.78, 5) is 0. The molecule has 1 aromatic heterocycles. The van der Waals surface area contributed by atoms with E-state index in [2.05, 4.69) is 56.4 Å². The Labute approximate surface area is 123 Å². The van der Waals surface area contributed by atoms with Gasteiger partial charge in [0.25, 0.3) is 0 Å². The fraction of sp³-hybridized carbons (Fsp3) is 0.316. The number of aryl methyl sites for hydroxylation is 1. The third-order valence-corrected chi connectivity index (χ3v) is 3.50. The lowest BCUT2D eigenvalue weighted by Gasteiger charge is -2.06. The molecule has 0 spiro atoms. The van der Waals surface area contributed by atoms with Crippen LogP contribution < -0.4 is 4.57 Å². The number of rotatable bonds is 4. The molecule has 1 unspecified atom stereocenters. The molecule has 0 aliphatic heterocycles. The van der Waals surface area contributed by atoms with Crippen molar-refractivity contribution in [2.24, 2.45) is 0 Å². The molecule has 0 aliphatic rings. The van der Waals surface area contributed by atoms with Crippen LogP contribution in [0.3, 0.4) is 0 Å². The van der Waals surface area contributed by atoms with Gasteiger partial charge in [-0.25, -0.2) is 4.57 Å². The van der Waals surface area contributed by atoms with Crippen molar-refractivity contribution in [3.05, 3.63) is 72.6 Å². The van der Waals surface area contributed by atoms with Crippen LogP contribution in [0.4, 0.5) is 0 Å². The maximum absolute atomic E-state index is 3.63. The standard InChI is InChI=1S/C11H18N.C8H8/c1-4-10(3)11-6-8-12(5-2)9-7-11;1-2-8-6-4-3-5-7-8/h6-10H,4-5H2,1-3H3;2-7H,1H2/q+1;. The molecular formula is C19H26N+. The third kappa shape index (κ3) is 5.40. The summed E-state index contributed by atoms with van der Waals surface area (Å²) in [7, 11) is 0. The Morgan fingerprint density at radius 2 is 1.65 bits per heavy atom. The van der Waals surface area contributed by atoms with Crippen LogP contribution in [-0.4, -0.2) is 0 Å². The number of nitrogens with zero attached hydrogens (tertiary/aromatic N) is 1. The highest BCUT2D eigenvalue weighted by Gasteiger charge is 2.03. The van der Waals surface area contributed by atoms with Gasteiger partial charge in [-0.1, -0.05) is 56.8 Å². The molecule has 1 heterocycles. The number of benzene rings is 1. The summed E-state index contributed by atoms with van der Waals surface area (Å²) in [6, 6.07) is 14.5. The van der Waals surface area contributed by atoms with E-state index in [1.54, 1.807) is 0 Å². The van der Waals surface area contributed by atoms with Crippen LogP contribution in [0.5, 0.6) is 0 Å². The minimum Gasteiger partial charge on any atom is -0.205 e. The lowest BCUT2D eigenvalue weighted by Crippen LogP contribution is -2.30. The van der Waals surface area contributed by atoms with Gasteiger partial charge in [-0.3, -0.25) is 0 Å². The predicted molar refractivity (Wildman–Crippen MR) is 87.6 cm³/mol. The molecule has 1 heteroatoms. The summed E-state index contributed by atoms with van der Waals surface area (Å²) in [5, 5.41) is 0. The largest absolute Gasteiger partial charge is 0.205 e. The second kappa shape index (κ2) is 9.08. The minimum atomic E-state index is 0.691. The molecule has 0 aliphatic carbocycles. The monoisotopic (exact) mass is 268 g/mol. The molecule has 0 bridgehead atoms. The van der Waals surface area contributed by atoms with Crippen molar-refractivity contribution < 1.29 is 4.57 Å². The van der Waals surface area contributed by atoms with Crippen LogP contribution in [0.15, 0.2) is 61.4 Å². The second-order valence-electron chi connectivity index (χ2n) is 4.89. The van der Waals surface area contributed by atoms with Gasteiger partial charge < -0.3 is 0 Å². The van der Waals surface area contributed by atoms with Crippen molar-refractivity contribution in [3.8, 4) is 0 Å². The van der Waals surface area contributed by atoms with E-state index in [4.69, 9.17) is 0 Å². The van der Waals surface area contributed by atoms with E-state index in [0.717, 1.165) is 6.54 Å². The van der Waals surface area contributed by atoms with E-state index >= 15 is 0 Å². The SMILES string of the molecule is C=Cc1ccccc1.CCC(C)c1cc[n+](CC)cc1. The summed E-state index contributed by atoms with van der Waals surface area (Å²) in [5.41, 5.74) is 2.62. The number of pyridine rings is 1. The van der Waals surface area contributed by atoms with Crippen LogP contribution in [-0.2, 0) is 6.54 Å². The Morgan fingerprint density at radius 3 is 2.05 bits per heavy atom. The highest BCUT2D eigenvalue weighted by molar-refractivity contribution is 5.45. The highest BCUT2D eigenvalue weighted by Crippen LogP contribution is 2.16. The van der Waals surface area contributed by atoms with E-state index in [1.165, 1.54) is 17.5 Å². The lowest BCUT2D eigenvalue weighted by atomic mass is 10.0. The van der Waals surface area contributed by atoms with Crippen molar-refractivity contribution in [2.45, 2.75) is 39.7 Å². The molecule has 1 aromatic carbocycles. The van der Waals surface area contributed by atoms with Crippen LogP contribution in [0.25, 0.3) is 6.08 Å². The molecule has 106 valence electrons. The summed E-state index contributed by atoms with van der Waals surface area (Å²) in [5.74, 6) is 0.691. The van der Waals surface area contributed by atoms with Crippen molar-refractivity contribution >= 4 is 6.08 Å². The zero-order valence-electron chi connectivity index (χ0n) is 12.9. The number of hydrogen-bond donors (Lipinski definition) is 0. The molecule has 0 radical (unpaired) electrons. The molecule has 0 fully saturated rings. The van der Waals surface area contributed by atoms with Gasteiger partial charge in [0.05, 0.1) is 0 Å². The Bertz CT molecular complexity index is 485. The Kier molecular flexibility index (Phi) is 7.34. The summed E-state index contributed by atoms with van der Waals surface area (Å²) in [6.07, 6.45) is 7.36. The first-order chi connectivity index (χ1) is 9.71. The zero-order chi connectivity index (χ0) is 14.8. The molecule has 2 rings (SSSR count). The number of aromatic nitrogens is 1. The minimum absolute atomic E-state index is 0.691. The van der Waals surface area contributed by atoms with Crippen LogP contribution in [0, 0.1) is 0 Å². The average molecular weight is 268 g/mol.